The minimum absolute atomic E-state index is 0.0345. The second kappa shape index (κ2) is 6.12. The lowest BCUT2D eigenvalue weighted by molar-refractivity contribution is -0.140. The number of hydrogen-bond donors (Lipinski definition) is 1. The zero-order chi connectivity index (χ0) is 15.6. The molecular weight excluding hydrogens is 329 g/mol. The van der Waals surface area contributed by atoms with Gasteiger partial charge in [-0.15, -0.1) is 0 Å². The Morgan fingerprint density at radius 3 is 2.19 bits per heavy atom. The molecule has 0 saturated heterocycles. The van der Waals surface area contributed by atoms with E-state index in [9.17, 15) is 17.6 Å². The molecular formula is C14H9Cl2F4N. The predicted octanol–water partition coefficient (Wildman–Crippen LogP) is 5.76. The topological polar surface area (TPSA) is 12.0 Å². The monoisotopic (exact) mass is 337 g/mol. The molecule has 2 rings (SSSR count). The van der Waals surface area contributed by atoms with Gasteiger partial charge < -0.3 is 5.32 Å². The van der Waals surface area contributed by atoms with Crippen LogP contribution in [0.4, 0.5) is 23.2 Å². The molecule has 0 bridgehead atoms. The molecule has 0 spiro atoms. The highest BCUT2D eigenvalue weighted by atomic mass is 35.5. The molecule has 0 heterocycles. The molecule has 0 aliphatic carbocycles. The Morgan fingerprint density at radius 2 is 1.62 bits per heavy atom. The molecule has 2 aromatic rings. The first-order chi connectivity index (χ1) is 9.79. The van der Waals surface area contributed by atoms with E-state index in [0.717, 1.165) is 12.1 Å². The zero-order valence-electron chi connectivity index (χ0n) is 10.4. The summed E-state index contributed by atoms with van der Waals surface area (Å²) in [7, 11) is 0. The van der Waals surface area contributed by atoms with Gasteiger partial charge in [0.15, 0.2) is 0 Å². The molecule has 0 radical (unpaired) electrons. The number of halogens is 6. The lowest BCUT2D eigenvalue weighted by Crippen LogP contribution is -2.10. The lowest BCUT2D eigenvalue weighted by Gasteiger charge is -2.13. The molecule has 2 aromatic carbocycles. The van der Waals surface area contributed by atoms with E-state index in [1.165, 1.54) is 6.07 Å². The maximum Gasteiger partial charge on any atom is 0.419 e. The second-order valence-corrected chi connectivity index (χ2v) is 5.08. The molecule has 0 aliphatic heterocycles. The van der Waals surface area contributed by atoms with Crippen molar-refractivity contribution in [2.75, 3.05) is 5.32 Å². The summed E-state index contributed by atoms with van der Waals surface area (Å²) in [5.41, 5.74) is -0.620. The Labute approximate surface area is 128 Å². The molecule has 0 saturated carbocycles. The van der Waals surface area contributed by atoms with Crippen molar-refractivity contribution >= 4 is 28.9 Å². The van der Waals surface area contributed by atoms with E-state index in [0.29, 0.717) is 15.7 Å². The summed E-state index contributed by atoms with van der Waals surface area (Å²) in [4.78, 5) is 0. The van der Waals surface area contributed by atoms with Gasteiger partial charge in [0, 0.05) is 6.54 Å². The van der Waals surface area contributed by atoms with Gasteiger partial charge >= 0.3 is 6.18 Å². The first kappa shape index (κ1) is 15.9. The second-order valence-electron chi connectivity index (χ2n) is 4.26. The molecule has 0 fully saturated rings. The molecule has 0 amide bonds. The zero-order valence-corrected chi connectivity index (χ0v) is 12.0. The average Bonchev–Trinajstić information content (AvgIpc) is 2.38. The molecule has 0 aromatic heterocycles. The van der Waals surface area contributed by atoms with Crippen LogP contribution in [0, 0.1) is 5.82 Å². The van der Waals surface area contributed by atoms with E-state index in [-0.39, 0.29) is 12.1 Å². The van der Waals surface area contributed by atoms with Crippen molar-refractivity contribution in [3.05, 3.63) is 63.4 Å². The van der Waals surface area contributed by atoms with Crippen LogP contribution in [0.5, 0.6) is 0 Å². The van der Waals surface area contributed by atoms with Crippen LogP contribution in [0.1, 0.15) is 11.1 Å². The van der Waals surface area contributed by atoms with Gasteiger partial charge in [0.25, 0.3) is 0 Å². The molecule has 112 valence electrons. The van der Waals surface area contributed by atoms with Gasteiger partial charge in [-0.3, -0.25) is 0 Å². The van der Waals surface area contributed by atoms with Crippen molar-refractivity contribution < 1.29 is 17.6 Å². The molecule has 0 unspecified atom stereocenters. The summed E-state index contributed by atoms with van der Waals surface area (Å²) < 4.78 is 51.0. The normalized spacial score (nSPS) is 11.5. The van der Waals surface area contributed by atoms with Crippen LogP contribution < -0.4 is 5.32 Å². The predicted molar refractivity (Wildman–Crippen MR) is 75.2 cm³/mol. The number of alkyl halides is 3. The number of rotatable bonds is 3. The fourth-order valence-corrected chi connectivity index (χ4v) is 2.29. The van der Waals surface area contributed by atoms with Crippen LogP contribution in [0.2, 0.25) is 10.0 Å². The largest absolute Gasteiger partial charge is 0.419 e. The van der Waals surface area contributed by atoms with Crippen molar-refractivity contribution in [1.82, 2.24) is 0 Å². The van der Waals surface area contributed by atoms with E-state index < -0.39 is 17.6 Å². The average molecular weight is 338 g/mol. The lowest BCUT2D eigenvalue weighted by atomic mass is 10.1. The van der Waals surface area contributed by atoms with E-state index in [1.807, 2.05) is 0 Å². The molecule has 1 N–H and O–H groups in total. The minimum Gasteiger partial charge on any atom is -0.379 e. The molecule has 1 nitrogen and oxygen atoms in total. The fourth-order valence-electron chi connectivity index (χ4n) is 1.76. The molecule has 7 heteroatoms. The van der Waals surface area contributed by atoms with Crippen LogP contribution in [-0.4, -0.2) is 0 Å². The maximum atomic E-state index is 13.2. The van der Waals surface area contributed by atoms with Gasteiger partial charge in [0.05, 0.1) is 21.3 Å². The summed E-state index contributed by atoms with van der Waals surface area (Å²) in [6, 6.07) is 7.65. The Morgan fingerprint density at radius 1 is 1.00 bits per heavy atom. The third-order valence-electron chi connectivity index (χ3n) is 2.77. The van der Waals surface area contributed by atoms with Gasteiger partial charge in [-0.05, 0) is 29.8 Å². The van der Waals surface area contributed by atoms with Crippen LogP contribution in [0.25, 0.3) is 0 Å². The molecule has 0 aliphatic rings. The summed E-state index contributed by atoms with van der Waals surface area (Å²) in [6.07, 6.45) is -4.73. The van der Waals surface area contributed by atoms with Gasteiger partial charge in [-0.1, -0.05) is 35.3 Å². The summed E-state index contributed by atoms with van der Waals surface area (Å²) >= 11 is 11.9. The Kier molecular flexibility index (Phi) is 4.64. The number of benzene rings is 2. The van der Waals surface area contributed by atoms with Gasteiger partial charge in [0.2, 0.25) is 0 Å². The van der Waals surface area contributed by atoms with Crippen LogP contribution >= 0.6 is 23.2 Å². The van der Waals surface area contributed by atoms with Crippen molar-refractivity contribution in [3.63, 3.8) is 0 Å². The number of anilines is 1. The highest BCUT2D eigenvalue weighted by molar-refractivity contribution is 6.39. The summed E-state index contributed by atoms with van der Waals surface area (Å²) in [6.45, 7) is 0.0345. The van der Waals surface area contributed by atoms with Gasteiger partial charge in [-0.25, -0.2) is 4.39 Å². The highest BCUT2D eigenvalue weighted by Crippen LogP contribution is 2.33. The van der Waals surface area contributed by atoms with E-state index >= 15 is 0 Å². The number of para-hydroxylation sites is 1. The highest BCUT2D eigenvalue weighted by Gasteiger charge is 2.34. The fraction of sp³-hybridized carbons (Fsp3) is 0.143. The van der Waals surface area contributed by atoms with Crippen molar-refractivity contribution in [3.8, 4) is 0 Å². The van der Waals surface area contributed by atoms with Crippen molar-refractivity contribution in [1.29, 1.82) is 0 Å². The first-order valence-corrected chi connectivity index (χ1v) is 6.58. The van der Waals surface area contributed by atoms with E-state index in [4.69, 9.17) is 23.2 Å². The number of hydrogen-bond acceptors (Lipinski definition) is 1. The van der Waals surface area contributed by atoms with Crippen LogP contribution in [0.15, 0.2) is 36.4 Å². The van der Waals surface area contributed by atoms with E-state index in [2.05, 4.69) is 5.32 Å². The Balaban J connectivity index is 2.22. The van der Waals surface area contributed by atoms with Crippen molar-refractivity contribution in [2.24, 2.45) is 0 Å². The maximum absolute atomic E-state index is 13.2. The quantitative estimate of drug-likeness (QED) is 0.701. The molecule has 21 heavy (non-hydrogen) atoms. The molecule has 0 atom stereocenters. The standard InChI is InChI=1S/C14H9Cl2F4N/c15-10-2-1-3-11(16)13(10)21-7-8-4-5-12(17)9(6-8)14(18,19)20/h1-6,21H,7H2. The van der Waals surface area contributed by atoms with Gasteiger partial charge in [-0.2, -0.15) is 13.2 Å². The third-order valence-corrected chi connectivity index (χ3v) is 3.40. The van der Waals surface area contributed by atoms with Crippen LogP contribution in [-0.2, 0) is 12.7 Å². The number of nitrogens with one attached hydrogen (secondary N) is 1. The Bertz CT molecular complexity index is 636. The smallest absolute Gasteiger partial charge is 0.379 e. The Hall–Kier alpha value is -1.46. The summed E-state index contributed by atoms with van der Waals surface area (Å²) in [5, 5.41) is 3.54. The first-order valence-electron chi connectivity index (χ1n) is 5.82. The van der Waals surface area contributed by atoms with Gasteiger partial charge in [0.1, 0.15) is 5.82 Å². The minimum atomic E-state index is -4.73. The SMILES string of the molecule is Fc1ccc(CNc2c(Cl)cccc2Cl)cc1C(F)(F)F. The summed E-state index contributed by atoms with van der Waals surface area (Å²) in [5.74, 6) is -1.30. The third kappa shape index (κ3) is 3.80. The van der Waals surface area contributed by atoms with Crippen molar-refractivity contribution in [2.45, 2.75) is 12.7 Å². The van der Waals surface area contributed by atoms with E-state index in [1.54, 1.807) is 18.2 Å². The van der Waals surface area contributed by atoms with Crippen LogP contribution in [0.3, 0.4) is 0 Å².